The number of nitrogens with one attached hydrogen (secondary N) is 1. The fraction of sp³-hybridized carbons (Fsp3) is 0.294. The van der Waals surface area contributed by atoms with Gasteiger partial charge in [0.1, 0.15) is 12.4 Å². The van der Waals surface area contributed by atoms with Gasteiger partial charge in [-0.15, -0.1) is 12.4 Å². The fourth-order valence-corrected chi connectivity index (χ4v) is 1.94. The summed E-state index contributed by atoms with van der Waals surface area (Å²) in [5, 5.41) is 2.86. The van der Waals surface area contributed by atoms with Crippen LogP contribution in [0.1, 0.15) is 31.1 Å². The molecule has 0 saturated carbocycles. The highest BCUT2D eigenvalue weighted by molar-refractivity contribution is 5.85. The molecule has 1 heterocycles. The van der Waals surface area contributed by atoms with Crippen molar-refractivity contribution < 1.29 is 9.53 Å². The van der Waals surface area contributed by atoms with E-state index in [1.54, 1.807) is 13.1 Å². The van der Waals surface area contributed by atoms with Crippen LogP contribution in [0.15, 0.2) is 48.7 Å². The van der Waals surface area contributed by atoms with Crippen LogP contribution in [0, 0.1) is 0 Å². The Morgan fingerprint density at radius 1 is 1.26 bits per heavy atom. The molecule has 5 nitrogen and oxygen atoms in total. The summed E-state index contributed by atoms with van der Waals surface area (Å²) in [7, 11) is 0. The van der Waals surface area contributed by atoms with Crippen molar-refractivity contribution >= 4 is 18.3 Å². The van der Waals surface area contributed by atoms with Gasteiger partial charge in [0.25, 0.3) is 0 Å². The number of amides is 1. The second-order valence-electron chi connectivity index (χ2n) is 5.20. The second kappa shape index (κ2) is 9.12. The number of ether oxygens (including phenoxy) is 1. The molecule has 2 unspecified atom stereocenters. The summed E-state index contributed by atoms with van der Waals surface area (Å²) in [5.41, 5.74) is 7.39. The van der Waals surface area contributed by atoms with E-state index in [1.807, 2.05) is 49.4 Å². The highest BCUT2D eigenvalue weighted by Crippen LogP contribution is 2.20. The van der Waals surface area contributed by atoms with Gasteiger partial charge in [0.2, 0.25) is 5.91 Å². The Labute approximate surface area is 142 Å². The Morgan fingerprint density at radius 3 is 2.70 bits per heavy atom. The van der Waals surface area contributed by atoms with E-state index in [9.17, 15) is 4.79 Å². The van der Waals surface area contributed by atoms with Gasteiger partial charge in [-0.05, 0) is 43.7 Å². The molecule has 2 atom stereocenters. The summed E-state index contributed by atoms with van der Waals surface area (Å²) in [6.07, 6.45) is 1.74. The molecule has 6 heteroatoms. The monoisotopic (exact) mass is 335 g/mol. The summed E-state index contributed by atoms with van der Waals surface area (Å²) in [6.45, 7) is 3.98. The number of nitrogens with two attached hydrogens (primary N) is 1. The zero-order valence-corrected chi connectivity index (χ0v) is 14.0. The Balaban J connectivity index is 0.00000264. The first-order valence-electron chi connectivity index (χ1n) is 7.25. The average Bonchev–Trinajstić information content (AvgIpc) is 2.54. The number of benzene rings is 1. The zero-order valence-electron chi connectivity index (χ0n) is 13.2. The smallest absolute Gasteiger partial charge is 0.237 e. The van der Waals surface area contributed by atoms with E-state index >= 15 is 0 Å². The second-order valence-corrected chi connectivity index (χ2v) is 5.20. The van der Waals surface area contributed by atoms with Crippen LogP contribution in [0.25, 0.3) is 0 Å². The first kappa shape index (κ1) is 18.9. The number of hydrogen-bond donors (Lipinski definition) is 2. The highest BCUT2D eigenvalue weighted by atomic mass is 35.5. The lowest BCUT2D eigenvalue weighted by atomic mass is 10.1. The summed E-state index contributed by atoms with van der Waals surface area (Å²) in [4.78, 5) is 15.9. The van der Waals surface area contributed by atoms with Crippen LogP contribution in [-0.2, 0) is 11.4 Å². The van der Waals surface area contributed by atoms with Crippen molar-refractivity contribution in [3.63, 3.8) is 0 Å². The van der Waals surface area contributed by atoms with Crippen LogP contribution in [0.2, 0.25) is 0 Å². The fourth-order valence-electron chi connectivity index (χ4n) is 1.94. The number of hydrogen-bond acceptors (Lipinski definition) is 4. The number of pyridine rings is 1. The number of rotatable bonds is 6. The Kier molecular flexibility index (Phi) is 7.51. The lowest BCUT2D eigenvalue weighted by Gasteiger charge is -2.17. The van der Waals surface area contributed by atoms with Crippen LogP contribution in [0.4, 0.5) is 0 Å². The minimum absolute atomic E-state index is 0. The van der Waals surface area contributed by atoms with Crippen molar-refractivity contribution in [2.24, 2.45) is 5.73 Å². The molecule has 0 aliphatic heterocycles. The molecule has 1 aromatic carbocycles. The van der Waals surface area contributed by atoms with E-state index in [4.69, 9.17) is 10.5 Å². The molecule has 0 saturated heterocycles. The predicted octanol–water partition coefficient (Wildman–Crippen LogP) is 2.61. The van der Waals surface area contributed by atoms with Gasteiger partial charge in [-0.3, -0.25) is 9.78 Å². The third-order valence-corrected chi connectivity index (χ3v) is 3.24. The molecule has 2 rings (SSSR count). The summed E-state index contributed by atoms with van der Waals surface area (Å²) in [6, 6.07) is 12.7. The van der Waals surface area contributed by atoms with Crippen molar-refractivity contribution in [1.82, 2.24) is 10.3 Å². The molecule has 0 spiro atoms. The molecule has 0 bridgehead atoms. The van der Waals surface area contributed by atoms with Gasteiger partial charge >= 0.3 is 0 Å². The van der Waals surface area contributed by atoms with Crippen molar-refractivity contribution in [3.8, 4) is 5.75 Å². The third-order valence-electron chi connectivity index (χ3n) is 3.24. The maximum Gasteiger partial charge on any atom is 0.237 e. The number of nitrogens with zero attached hydrogens (tertiary/aromatic N) is 1. The Morgan fingerprint density at radius 2 is 2.04 bits per heavy atom. The molecule has 124 valence electrons. The lowest BCUT2D eigenvalue weighted by Crippen LogP contribution is -2.39. The molecular weight excluding hydrogens is 314 g/mol. The first-order valence-corrected chi connectivity index (χ1v) is 7.25. The van der Waals surface area contributed by atoms with Gasteiger partial charge in [0, 0.05) is 6.20 Å². The molecular formula is C17H22ClN3O2. The Hall–Kier alpha value is -2.11. The van der Waals surface area contributed by atoms with Crippen LogP contribution >= 0.6 is 12.4 Å². The van der Waals surface area contributed by atoms with Crippen molar-refractivity contribution in [2.75, 3.05) is 0 Å². The Bertz CT molecular complexity index is 620. The van der Waals surface area contributed by atoms with Gasteiger partial charge < -0.3 is 15.8 Å². The van der Waals surface area contributed by atoms with E-state index in [0.29, 0.717) is 6.61 Å². The van der Waals surface area contributed by atoms with Gasteiger partial charge in [0.05, 0.1) is 17.8 Å². The van der Waals surface area contributed by atoms with E-state index in [-0.39, 0.29) is 24.4 Å². The molecule has 2 aromatic rings. The van der Waals surface area contributed by atoms with E-state index in [0.717, 1.165) is 17.0 Å². The van der Waals surface area contributed by atoms with Gasteiger partial charge in [-0.2, -0.15) is 0 Å². The molecule has 1 amide bonds. The predicted molar refractivity (Wildman–Crippen MR) is 92.5 cm³/mol. The quantitative estimate of drug-likeness (QED) is 0.850. The van der Waals surface area contributed by atoms with Crippen LogP contribution < -0.4 is 15.8 Å². The summed E-state index contributed by atoms with van der Waals surface area (Å²) < 4.78 is 5.74. The van der Waals surface area contributed by atoms with Crippen LogP contribution in [0.3, 0.4) is 0 Å². The van der Waals surface area contributed by atoms with Crippen molar-refractivity contribution in [1.29, 1.82) is 0 Å². The summed E-state index contributed by atoms with van der Waals surface area (Å²) in [5.74, 6) is 0.567. The van der Waals surface area contributed by atoms with Crippen LogP contribution in [-0.4, -0.2) is 16.9 Å². The standard InChI is InChI=1S/C17H21N3O2.ClH/c1-12(18)17(21)20-13(2)14-6-5-8-16(10-14)22-11-15-7-3-4-9-19-15;/h3-10,12-13H,11,18H2,1-2H3,(H,20,21);1H. The largest absolute Gasteiger partial charge is 0.487 e. The SMILES string of the molecule is CC(N)C(=O)NC(C)c1cccc(OCc2ccccn2)c1.Cl. The number of carbonyl (C=O) groups is 1. The normalized spacial score (nSPS) is 12.7. The molecule has 0 aliphatic carbocycles. The number of halogens is 1. The van der Waals surface area contributed by atoms with Gasteiger partial charge in [-0.1, -0.05) is 18.2 Å². The van der Waals surface area contributed by atoms with E-state index in [2.05, 4.69) is 10.3 Å². The van der Waals surface area contributed by atoms with Crippen molar-refractivity contribution in [2.45, 2.75) is 32.5 Å². The van der Waals surface area contributed by atoms with Crippen molar-refractivity contribution in [3.05, 3.63) is 59.9 Å². The topological polar surface area (TPSA) is 77.2 Å². The summed E-state index contributed by atoms with van der Waals surface area (Å²) >= 11 is 0. The van der Waals surface area contributed by atoms with E-state index in [1.165, 1.54) is 0 Å². The first-order chi connectivity index (χ1) is 10.6. The number of carbonyl (C=O) groups excluding carboxylic acids is 1. The van der Waals surface area contributed by atoms with E-state index < -0.39 is 6.04 Å². The molecule has 23 heavy (non-hydrogen) atoms. The maximum absolute atomic E-state index is 11.6. The average molecular weight is 336 g/mol. The van der Waals surface area contributed by atoms with Gasteiger partial charge in [0.15, 0.2) is 0 Å². The van der Waals surface area contributed by atoms with Crippen LogP contribution in [0.5, 0.6) is 5.75 Å². The molecule has 0 aliphatic rings. The molecule has 1 aromatic heterocycles. The molecule has 0 radical (unpaired) electrons. The maximum atomic E-state index is 11.6. The zero-order chi connectivity index (χ0) is 15.9. The number of aromatic nitrogens is 1. The molecule has 0 fully saturated rings. The lowest BCUT2D eigenvalue weighted by molar-refractivity contribution is -0.122. The highest BCUT2D eigenvalue weighted by Gasteiger charge is 2.13. The minimum Gasteiger partial charge on any atom is -0.487 e. The molecule has 3 N–H and O–H groups in total. The third kappa shape index (κ3) is 5.88. The van der Waals surface area contributed by atoms with Gasteiger partial charge in [-0.25, -0.2) is 0 Å². The minimum atomic E-state index is -0.522.